The van der Waals surface area contributed by atoms with Gasteiger partial charge in [-0.15, -0.1) is 0 Å². The van der Waals surface area contributed by atoms with Gasteiger partial charge >= 0.3 is 11.9 Å². The van der Waals surface area contributed by atoms with Crippen LogP contribution >= 0.6 is 0 Å². The summed E-state index contributed by atoms with van der Waals surface area (Å²) in [4.78, 5) is 28.5. The minimum atomic E-state index is -1.34. The predicted molar refractivity (Wildman–Crippen MR) is 288 cm³/mol. The summed E-state index contributed by atoms with van der Waals surface area (Å²) in [5.74, 6) is 2.19. The molecule has 12 nitrogen and oxygen atoms in total. The van der Waals surface area contributed by atoms with Crippen molar-refractivity contribution in [2.24, 2.45) is 0 Å². The van der Waals surface area contributed by atoms with E-state index in [1.807, 2.05) is 72.8 Å². The Morgan fingerprint density at radius 1 is 0.689 bits per heavy atom. The van der Waals surface area contributed by atoms with Gasteiger partial charge in [0.05, 0.1) is 76.5 Å². The number of para-hydroxylation sites is 1. The van der Waals surface area contributed by atoms with Crippen LogP contribution in [-0.4, -0.2) is 75.6 Å². The third-order valence-corrected chi connectivity index (χ3v) is 14.5. The highest BCUT2D eigenvalue weighted by atomic mass is 16.6. The molecule has 0 saturated carbocycles. The zero-order valence-corrected chi connectivity index (χ0v) is 43.9. The first kappa shape index (κ1) is 51.6. The van der Waals surface area contributed by atoms with E-state index in [0.717, 1.165) is 97.6 Å². The van der Waals surface area contributed by atoms with E-state index in [1.54, 1.807) is 52.7 Å². The molecule has 2 aliphatic heterocycles. The Kier molecular flexibility index (Phi) is 15.4. The van der Waals surface area contributed by atoms with E-state index in [9.17, 15) is 14.7 Å². The second kappa shape index (κ2) is 22.1. The zero-order chi connectivity index (χ0) is 52.1. The number of carbonyl (C=O) groups is 2. The molecule has 1 N–H and O–H groups in total. The molecule has 1 saturated heterocycles. The van der Waals surface area contributed by atoms with Gasteiger partial charge in [0.25, 0.3) is 0 Å². The molecule has 0 aliphatic carbocycles. The van der Waals surface area contributed by atoms with Crippen molar-refractivity contribution in [1.29, 1.82) is 0 Å². The molecule has 0 spiro atoms. The van der Waals surface area contributed by atoms with Crippen LogP contribution in [0, 0.1) is 0 Å². The van der Waals surface area contributed by atoms with Crippen LogP contribution in [0.2, 0.25) is 0 Å². The van der Waals surface area contributed by atoms with Gasteiger partial charge in [0.2, 0.25) is 0 Å². The monoisotopic (exact) mass is 1000 g/mol. The van der Waals surface area contributed by atoms with Gasteiger partial charge in [0.1, 0.15) is 35.2 Å². The first-order valence-electron chi connectivity index (χ1n) is 25.6. The van der Waals surface area contributed by atoms with Crippen molar-refractivity contribution in [2.75, 3.05) is 46.6 Å². The highest BCUT2D eigenvalue weighted by molar-refractivity contribution is 5.92. The van der Waals surface area contributed by atoms with Crippen molar-refractivity contribution in [3.05, 3.63) is 172 Å². The molecule has 3 atom stereocenters. The Morgan fingerprint density at radius 2 is 1.34 bits per heavy atom. The standard InChI is InChI=1S/C62H68N2O10/c1-9-10-17-41-28-31-54(68-5)48(56(41)70-7)37-63-36-45(20-16-33-72-58(65)42-18-12-11-13-19-42)47-34-44(27-30-52(47)63)40-23-25-43(26-24-40)59(66)73-39-46-35-62(67)50-21-14-15-22-53(50)64(60(62)74-46)38-49-55(69-6)32-29-51(57(49)71-8)61(2,3)4/h11-15,18-19,21-32,34,36,46,60,67H,9-10,16-17,20,33,35,37-39H2,1-8H3. The summed E-state index contributed by atoms with van der Waals surface area (Å²) >= 11 is 0. The van der Waals surface area contributed by atoms with E-state index in [-0.39, 0.29) is 31.0 Å². The number of ether oxygens (including phenoxy) is 7. The number of aliphatic hydroxyl groups is 1. The Labute approximate surface area is 434 Å². The normalized spacial score (nSPS) is 17.0. The van der Waals surface area contributed by atoms with Gasteiger partial charge in [-0.05, 0) is 108 Å². The van der Waals surface area contributed by atoms with Gasteiger partial charge in [-0.1, -0.05) is 101 Å². The lowest BCUT2D eigenvalue weighted by molar-refractivity contribution is -0.0510. The third kappa shape index (κ3) is 10.3. The van der Waals surface area contributed by atoms with E-state index >= 15 is 0 Å². The number of fused-ring (bicyclic) bond motifs is 4. The molecule has 3 heterocycles. The van der Waals surface area contributed by atoms with Crippen LogP contribution in [0.1, 0.15) is 107 Å². The van der Waals surface area contributed by atoms with Crippen LogP contribution in [0.4, 0.5) is 5.69 Å². The summed E-state index contributed by atoms with van der Waals surface area (Å²) in [6.07, 6.45) is 5.46. The van der Waals surface area contributed by atoms with Crippen LogP contribution in [0.15, 0.2) is 128 Å². The summed E-state index contributed by atoms with van der Waals surface area (Å²) in [6.45, 7) is 9.73. The van der Waals surface area contributed by atoms with Crippen molar-refractivity contribution in [3.8, 4) is 34.1 Å². The first-order chi connectivity index (χ1) is 35.8. The van der Waals surface area contributed by atoms with Crippen molar-refractivity contribution < 1.29 is 47.9 Å². The zero-order valence-electron chi connectivity index (χ0n) is 43.9. The van der Waals surface area contributed by atoms with Crippen LogP contribution in [0.25, 0.3) is 22.0 Å². The third-order valence-electron chi connectivity index (χ3n) is 14.5. The molecule has 0 bridgehead atoms. The predicted octanol–water partition coefficient (Wildman–Crippen LogP) is 12.0. The molecule has 6 aromatic carbocycles. The van der Waals surface area contributed by atoms with E-state index in [2.05, 4.69) is 67.6 Å². The number of anilines is 1. The van der Waals surface area contributed by atoms with Crippen LogP contribution in [-0.2, 0) is 51.2 Å². The van der Waals surface area contributed by atoms with E-state index in [4.69, 9.17) is 33.2 Å². The first-order valence-corrected chi connectivity index (χ1v) is 25.6. The molecule has 2 aliphatic rings. The van der Waals surface area contributed by atoms with Gasteiger partial charge in [-0.25, -0.2) is 9.59 Å². The molecule has 9 rings (SSSR count). The summed E-state index contributed by atoms with van der Waals surface area (Å²) < 4.78 is 44.3. The van der Waals surface area contributed by atoms with Crippen LogP contribution < -0.4 is 23.8 Å². The summed E-state index contributed by atoms with van der Waals surface area (Å²) in [5, 5.41) is 13.5. The number of nitrogens with zero attached hydrogens (tertiary/aromatic N) is 2. The maximum Gasteiger partial charge on any atom is 0.338 e. The van der Waals surface area contributed by atoms with Crippen LogP contribution in [0.5, 0.6) is 23.0 Å². The molecule has 1 fully saturated rings. The van der Waals surface area contributed by atoms with E-state index in [0.29, 0.717) is 42.8 Å². The minimum Gasteiger partial charge on any atom is -0.496 e. The fraction of sp³-hybridized carbons (Fsp3) is 0.355. The lowest BCUT2D eigenvalue weighted by Gasteiger charge is -2.31. The molecule has 0 amide bonds. The average Bonchev–Trinajstić information content (AvgIpc) is 4.02. The molecule has 3 unspecified atom stereocenters. The number of aryl methyl sites for hydroxylation is 2. The van der Waals surface area contributed by atoms with Gasteiger partial charge in [-0.2, -0.15) is 0 Å². The topological polar surface area (TPSA) is 127 Å². The number of methoxy groups -OCH3 is 4. The molecular formula is C62H68N2O10. The number of carbonyl (C=O) groups excluding carboxylic acids is 2. The van der Waals surface area contributed by atoms with Crippen molar-refractivity contribution in [2.45, 2.75) is 103 Å². The lowest BCUT2D eigenvalue weighted by atomic mass is 9.85. The Bertz CT molecular complexity index is 3120. The quantitative estimate of drug-likeness (QED) is 0.0579. The molecule has 74 heavy (non-hydrogen) atoms. The fourth-order valence-corrected chi connectivity index (χ4v) is 10.8. The van der Waals surface area contributed by atoms with Gasteiger partial charge < -0.3 is 47.7 Å². The highest BCUT2D eigenvalue weighted by Gasteiger charge is 2.57. The van der Waals surface area contributed by atoms with E-state index in [1.165, 1.54) is 0 Å². The second-order valence-corrected chi connectivity index (χ2v) is 20.3. The largest absolute Gasteiger partial charge is 0.496 e. The number of aromatic nitrogens is 1. The summed E-state index contributed by atoms with van der Waals surface area (Å²) in [7, 11) is 6.73. The number of benzene rings is 6. The Morgan fingerprint density at radius 3 is 2.04 bits per heavy atom. The summed E-state index contributed by atoms with van der Waals surface area (Å²) in [5.41, 5.74) is 9.09. The van der Waals surface area contributed by atoms with Crippen molar-refractivity contribution >= 4 is 28.5 Å². The summed E-state index contributed by atoms with van der Waals surface area (Å²) in [6, 6.07) is 38.8. The van der Waals surface area contributed by atoms with Crippen LogP contribution in [0.3, 0.4) is 0 Å². The fourth-order valence-electron chi connectivity index (χ4n) is 10.8. The van der Waals surface area contributed by atoms with Gasteiger partial charge in [0.15, 0.2) is 6.23 Å². The van der Waals surface area contributed by atoms with Crippen molar-refractivity contribution in [3.63, 3.8) is 0 Å². The Hall–Kier alpha value is -7.28. The number of esters is 2. The molecular weight excluding hydrogens is 933 g/mol. The molecule has 7 aromatic rings. The highest BCUT2D eigenvalue weighted by Crippen LogP contribution is 2.53. The maximum absolute atomic E-state index is 13.7. The molecule has 1 aromatic heterocycles. The lowest BCUT2D eigenvalue weighted by Crippen LogP contribution is -2.41. The molecule has 12 heteroatoms. The number of unbranched alkanes of at least 4 members (excludes halogenated alkanes) is 1. The minimum absolute atomic E-state index is 0.0375. The van der Waals surface area contributed by atoms with Gasteiger partial charge in [0, 0.05) is 40.3 Å². The van der Waals surface area contributed by atoms with Gasteiger partial charge in [-0.3, -0.25) is 0 Å². The number of hydrogen-bond donors (Lipinski definition) is 1. The average molecular weight is 1000 g/mol. The SMILES string of the molecule is CCCCc1ccc(OC)c(Cn2cc(CCCOC(=O)c3ccccc3)c3cc(-c4ccc(C(=O)OCC5CC6(O)c7ccccc7N(Cc7c(OC)ccc(C(C)(C)C)c7OC)C6O5)cc4)ccc32)c1OC. The number of hydrogen-bond acceptors (Lipinski definition) is 11. The molecule has 386 valence electrons. The van der Waals surface area contributed by atoms with E-state index < -0.39 is 23.9 Å². The smallest absolute Gasteiger partial charge is 0.338 e. The molecule has 0 radical (unpaired) electrons. The number of rotatable bonds is 20. The maximum atomic E-state index is 13.7. The second-order valence-electron chi connectivity index (χ2n) is 20.3. The van der Waals surface area contributed by atoms with Crippen molar-refractivity contribution in [1.82, 2.24) is 4.57 Å². The Balaban J connectivity index is 0.920.